The van der Waals surface area contributed by atoms with Gasteiger partial charge in [-0.2, -0.15) is 0 Å². The van der Waals surface area contributed by atoms with E-state index in [2.05, 4.69) is 54.4 Å². The van der Waals surface area contributed by atoms with Gasteiger partial charge in [0.15, 0.2) is 0 Å². The van der Waals surface area contributed by atoms with Crippen molar-refractivity contribution in [3.05, 3.63) is 35.9 Å². The van der Waals surface area contributed by atoms with Crippen molar-refractivity contribution in [1.29, 1.82) is 0 Å². The molecule has 0 spiro atoms. The third-order valence-electron chi connectivity index (χ3n) is 5.52. The zero-order valence-corrected chi connectivity index (χ0v) is 13.6. The minimum atomic E-state index is 0.509. The summed E-state index contributed by atoms with van der Waals surface area (Å²) in [6.45, 7) is 8.36. The quantitative estimate of drug-likeness (QED) is 0.908. The molecule has 1 aliphatic heterocycles. The molecule has 2 fully saturated rings. The Kier molecular flexibility index (Phi) is 4.97. The molecule has 0 aromatic heterocycles. The molecular formula is C19H30N2. The highest BCUT2D eigenvalue weighted by Gasteiger charge is 2.34. The van der Waals surface area contributed by atoms with Crippen molar-refractivity contribution in [3.8, 4) is 0 Å². The van der Waals surface area contributed by atoms with Crippen molar-refractivity contribution in [3.63, 3.8) is 0 Å². The predicted octanol–water partition coefficient (Wildman–Crippen LogP) is 3.85. The summed E-state index contributed by atoms with van der Waals surface area (Å²) in [4.78, 5) is 2.79. The van der Waals surface area contributed by atoms with Crippen molar-refractivity contribution < 1.29 is 0 Å². The fraction of sp³-hybridized carbons (Fsp3) is 0.684. The first-order valence-electron chi connectivity index (χ1n) is 8.78. The van der Waals surface area contributed by atoms with E-state index >= 15 is 0 Å². The third kappa shape index (κ3) is 3.49. The van der Waals surface area contributed by atoms with Crippen LogP contribution in [0.2, 0.25) is 0 Å². The summed E-state index contributed by atoms with van der Waals surface area (Å²) in [6.07, 6.45) is 5.70. The summed E-state index contributed by atoms with van der Waals surface area (Å²) in [5, 5.41) is 3.71. The third-order valence-corrected chi connectivity index (χ3v) is 5.52. The van der Waals surface area contributed by atoms with Crippen LogP contribution in [0.25, 0.3) is 0 Å². The maximum absolute atomic E-state index is 3.71. The van der Waals surface area contributed by atoms with Gasteiger partial charge in [0.25, 0.3) is 0 Å². The van der Waals surface area contributed by atoms with Crippen molar-refractivity contribution in [2.75, 3.05) is 19.6 Å². The fourth-order valence-corrected chi connectivity index (χ4v) is 4.35. The van der Waals surface area contributed by atoms with Gasteiger partial charge in [0, 0.05) is 31.7 Å². The van der Waals surface area contributed by atoms with Gasteiger partial charge in [-0.3, -0.25) is 4.90 Å². The molecule has 1 saturated heterocycles. The van der Waals surface area contributed by atoms with Crippen LogP contribution in [-0.2, 0) is 0 Å². The number of rotatable bonds is 3. The van der Waals surface area contributed by atoms with Gasteiger partial charge in [-0.1, -0.05) is 57.0 Å². The molecule has 2 aliphatic rings. The second kappa shape index (κ2) is 6.93. The van der Waals surface area contributed by atoms with E-state index in [1.54, 1.807) is 0 Å². The van der Waals surface area contributed by atoms with Crippen LogP contribution in [0.1, 0.15) is 51.1 Å². The first-order valence-corrected chi connectivity index (χ1v) is 8.78. The number of hydrogen-bond donors (Lipinski definition) is 1. The number of nitrogens with one attached hydrogen (secondary N) is 1. The van der Waals surface area contributed by atoms with Crippen LogP contribution >= 0.6 is 0 Å². The monoisotopic (exact) mass is 286 g/mol. The molecule has 3 atom stereocenters. The molecule has 3 rings (SSSR count). The van der Waals surface area contributed by atoms with E-state index in [4.69, 9.17) is 0 Å². The van der Waals surface area contributed by atoms with Crippen LogP contribution in [0.5, 0.6) is 0 Å². The van der Waals surface area contributed by atoms with Crippen LogP contribution in [0, 0.1) is 11.8 Å². The Morgan fingerprint density at radius 2 is 1.86 bits per heavy atom. The Morgan fingerprint density at radius 1 is 1.10 bits per heavy atom. The Labute approximate surface area is 129 Å². The van der Waals surface area contributed by atoms with E-state index in [9.17, 15) is 0 Å². The van der Waals surface area contributed by atoms with Crippen molar-refractivity contribution in [2.24, 2.45) is 11.8 Å². The largest absolute Gasteiger partial charge is 0.308 e. The van der Waals surface area contributed by atoms with Gasteiger partial charge in [0.2, 0.25) is 0 Å². The molecule has 0 amide bonds. The van der Waals surface area contributed by atoms with E-state index in [0.717, 1.165) is 24.4 Å². The van der Waals surface area contributed by atoms with E-state index in [1.807, 2.05) is 0 Å². The highest BCUT2D eigenvalue weighted by atomic mass is 15.2. The zero-order chi connectivity index (χ0) is 14.7. The Bertz CT molecular complexity index is 428. The van der Waals surface area contributed by atoms with Gasteiger partial charge in [0.1, 0.15) is 0 Å². The zero-order valence-electron chi connectivity index (χ0n) is 13.6. The number of piperazine rings is 1. The fourth-order valence-electron chi connectivity index (χ4n) is 4.35. The Hall–Kier alpha value is -0.860. The normalized spacial score (nSPS) is 31.5. The predicted molar refractivity (Wildman–Crippen MR) is 89.3 cm³/mol. The molecule has 0 bridgehead atoms. The topological polar surface area (TPSA) is 15.3 Å². The summed E-state index contributed by atoms with van der Waals surface area (Å²) in [7, 11) is 0. The lowest BCUT2D eigenvalue weighted by Gasteiger charge is -2.45. The molecule has 0 radical (unpaired) electrons. The smallest absolute Gasteiger partial charge is 0.0449 e. The molecule has 1 heterocycles. The second-order valence-corrected chi connectivity index (χ2v) is 7.17. The number of benzene rings is 1. The first-order chi connectivity index (χ1) is 10.3. The average molecular weight is 286 g/mol. The average Bonchev–Trinajstić information content (AvgIpc) is 2.56. The lowest BCUT2D eigenvalue weighted by molar-refractivity contribution is 0.0549. The number of nitrogens with zero attached hydrogens (tertiary/aromatic N) is 1. The van der Waals surface area contributed by atoms with Gasteiger partial charge >= 0.3 is 0 Å². The summed E-state index contributed by atoms with van der Waals surface area (Å²) in [5.74, 6) is 1.72. The maximum atomic E-state index is 3.71. The van der Waals surface area contributed by atoms with Crippen molar-refractivity contribution in [2.45, 2.75) is 51.6 Å². The van der Waals surface area contributed by atoms with Gasteiger partial charge in [-0.15, -0.1) is 0 Å². The second-order valence-electron chi connectivity index (χ2n) is 7.17. The van der Waals surface area contributed by atoms with Gasteiger partial charge in [-0.05, 0) is 30.2 Å². The molecule has 1 aromatic rings. The molecule has 1 aliphatic carbocycles. The summed E-state index contributed by atoms with van der Waals surface area (Å²) in [6, 6.07) is 12.3. The SMILES string of the molecule is CC(C)C1CCCCC1N1CCNC(c2ccccc2)C1. The van der Waals surface area contributed by atoms with Crippen molar-refractivity contribution >= 4 is 0 Å². The molecule has 3 unspecified atom stereocenters. The molecule has 1 N–H and O–H groups in total. The van der Waals surface area contributed by atoms with Gasteiger partial charge in [-0.25, -0.2) is 0 Å². The summed E-state index contributed by atoms with van der Waals surface area (Å²) >= 11 is 0. The lowest BCUT2D eigenvalue weighted by Crippen LogP contribution is -2.53. The van der Waals surface area contributed by atoms with Crippen LogP contribution in [-0.4, -0.2) is 30.6 Å². The summed E-state index contributed by atoms with van der Waals surface area (Å²) < 4.78 is 0. The van der Waals surface area contributed by atoms with E-state index < -0.39 is 0 Å². The van der Waals surface area contributed by atoms with Gasteiger partial charge in [0.05, 0.1) is 0 Å². The lowest BCUT2D eigenvalue weighted by atomic mass is 9.76. The molecule has 116 valence electrons. The highest BCUT2D eigenvalue weighted by Crippen LogP contribution is 2.35. The molecular weight excluding hydrogens is 256 g/mol. The van der Waals surface area contributed by atoms with E-state index in [-0.39, 0.29) is 0 Å². The molecule has 1 aromatic carbocycles. The van der Waals surface area contributed by atoms with E-state index in [0.29, 0.717) is 6.04 Å². The van der Waals surface area contributed by atoms with E-state index in [1.165, 1.54) is 44.3 Å². The minimum absolute atomic E-state index is 0.509. The first kappa shape index (κ1) is 15.1. The maximum Gasteiger partial charge on any atom is 0.0449 e. The van der Waals surface area contributed by atoms with Crippen LogP contribution in [0.4, 0.5) is 0 Å². The summed E-state index contributed by atoms with van der Waals surface area (Å²) in [5.41, 5.74) is 1.44. The van der Waals surface area contributed by atoms with Crippen molar-refractivity contribution in [1.82, 2.24) is 10.2 Å². The standard InChI is InChI=1S/C19H30N2/c1-15(2)17-10-6-7-11-19(17)21-13-12-20-18(14-21)16-8-4-3-5-9-16/h3-5,8-9,15,17-20H,6-7,10-14H2,1-2H3. The van der Waals surface area contributed by atoms with Crippen LogP contribution < -0.4 is 5.32 Å². The Balaban J connectivity index is 1.70. The molecule has 2 nitrogen and oxygen atoms in total. The molecule has 1 saturated carbocycles. The highest BCUT2D eigenvalue weighted by molar-refractivity contribution is 5.20. The minimum Gasteiger partial charge on any atom is -0.308 e. The van der Waals surface area contributed by atoms with Gasteiger partial charge < -0.3 is 5.32 Å². The molecule has 2 heteroatoms. The number of hydrogen-bond acceptors (Lipinski definition) is 2. The Morgan fingerprint density at radius 3 is 2.62 bits per heavy atom. The van der Waals surface area contributed by atoms with Crippen LogP contribution in [0.15, 0.2) is 30.3 Å². The molecule has 21 heavy (non-hydrogen) atoms. The van der Waals surface area contributed by atoms with Crippen LogP contribution in [0.3, 0.4) is 0 Å².